The summed E-state index contributed by atoms with van der Waals surface area (Å²) in [6.07, 6.45) is -4.04. The summed E-state index contributed by atoms with van der Waals surface area (Å²) in [5.74, 6) is -2.16. The zero-order chi connectivity index (χ0) is 9.35. The summed E-state index contributed by atoms with van der Waals surface area (Å²) < 4.78 is 4.63. The minimum Gasteiger partial charge on any atom is -0.394 e. The topological polar surface area (TPSA) is 110 Å². The maximum Gasteiger partial charge on any atom is 0.219 e. The van der Waals surface area contributed by atoms with Gasteiger partial charge in [0.05, 0.1) is 13.2 Å². The molecule has 72 valence electrons. The molecule has 0 saturated carbocycles. The van der Waals surface area contributed by atoms with Crippen molar-refractivity contribution < 1.29 is 30.3 Å². The monoisotopic (exact) mass is 180 g/mol. The van der Waals surface area contributed by atoms with Gasteiger partial charge in [0.2, 0.25) is 5.79 Å². The SMILES string of the molecule is OC[C@H]1O[C@](O)(CO)C(O)[C@@H]1O. The minimum atomic E-state index is -2.16. The zero-order valence-corrected chi connectivity index (χ0v) is 6.29. The molecule has 1 heterocycles. The minimum absolute atomic E-state index is 0.527. The second-order valence-corrected chi connectivity index (χ2v) is 2.78. The summed E-state index contributed by atoms with van der Waals surface area (Å²) in [4.78, 5) is 0. The van der Waals surface area contributed by atoms with Crippen molar-refractivity contribution in [1.82, 2.24) is 0 Å². The van der Waals surface area contributed by atoms with Gasteiger partial charge in [-0.3, -0.25) is 0 Å². The van der Waals surface area contributed by atoms with Crippen LogP contribution in [0.25, 0.3) is 0 Å². The van der Waals surface area contributed by atoms with Crippen LogP contribution in [-0.4, -0.2) is 62.8 Å². The van der Waals surface area contributed by atoms with E-state index in [1.807, 2.05) is 0 Å². The van der Waals surface area contributed by atoms with Crippen LogP contribution in [-0.2, 0) is 4.74 Å². The Bertz CT molecular complexity index is 162. The van der Waals surface area contributed by atoms with Crippen LogP contribution < -0.4 is 0 Å². The van der Waals surface area contributed by atoms with Gasteiger partial charge in [-0.05, 0) is 0 Å². The molecule has 5 N–H and O–H groups in total. The van der Waals surface area contributed by atoms with Crippen molar-refractivity contribution in [3.05, 3.63) is 0 Å². The first-order chi connectivity index (χ1) is 5.55. The smallest absolute Gasteiger partial charge is 0.219 e. The summed E-state index contributed by atoms with van der Waals surface area (Å²) in [5, 5.41) is 44.7. The highest BCUT2D eigenvalue weighted by Gasteiger charge is 2.52. The molecule has 0 spiro atoms. The fourth-order valence-corrected chi connectivity index (χ4v) is 1.15. The van der Waals surface area contributed by atoms with Crippen molar-refractivity contribution in [3.8, 4) is 0 Å². The Labute approximate surface area is 68.6 Å². The molecule has 6 heteroatoms. The molecule has 0 aromatic heterocycles. The molecular weight excluding hydrogens is 168 g/mol. The predicted octanol–water partition coefficient (Wildman–Crippen LogP) is -3.22. The third-order valence-electron chi connectivity index (χ3n) is 1.93. The molecule has 1 saturated heterocycles. The Morgan fingerprint density at radius 1 is 1.25 bits per heavy atom. The van der Waals surface area contributed by atoms with Gasteiger partial charge in [-0.2, -0.15) is 0 Å². The molecule has 6 nitrogen and oxygen atoms in total. The molecule has 0 radical (unpaired) electrons. The molecule has 4 atom stereocenters. The molecule has 1 aliphatic heterocycles. The second-order valence-electron chi connectivity index (χ2n) is 2.78. The van der Waals surface area contributed by atoms with Gasteiger partial charge in [0.25, 0.3) is 0 Å². The summed E-state index contributed by atoms with van der Waals surface area (Å²) in [5.41, 5.74) is 0. The van der Waals surface area contributed by atoms with E-state index in [0.717, 1.165) is 0 Å². The van der Waals surface area contributed by atoms with Crippen LogP contribution in [0.4, 0.5) is 0 Å². The fourth-order valence-electron chi connectivity index (χ4n) is 1.15. The average molecular weight is 180 g/mol. The van der Waals surface area contributed by atoms with Gasteiger partial charge in [-0.1, -0.05) is 0 Å². The van der Waals surface area contributed by atoms with Gasteiger partial charge in [0.1, 0.15) is 18.3 Å². The maximum absolute atomic E-state index is 9.25. The normalized spacial score (nSPS) is 48.2. The highest BCUT2D eigenvalue weighted by Crippen LogP contribution is 2.28. The van der Waals surface area contributed by atoms with Crippen molar-refractivity contribution >= 4 is 0 Å². The Morgan fingerprint density at radius 3 is 2.08 bits per heavy atom. The van der Waals surface area contributed by atoms with Crippen LogP contribution in [0.2, 0.25) is 0 Å². The van der Waals surface area contributed by atoms with E-state index >= 15 is 0 Å². The molecular formula is C6H12O6. The number of hydrogen-bond acceptors (Lipinski definition) is 6. The lowest BCUT2D eigenvalue weighted by molar-refractivity contribution is -0.248. The molecule has 1 fully saturated rings. The van der Waals surface area contributed by atoms with Gasteiger partial charge in [-0.25, -0.2) is 0 Å². The summed E-state index contributed by atoms with van der Waals surface area (Å²) >= 11 is 0. The quantitative estimate of drug-likeness (QED) is 0.306. The first kappa shape index (κ1) is 9.85. The standard InChI is InChI=1S/C6H12O6/c7-1-3-4(9)5(10)6(11,2-8)12-3/h3-5,7-11H,1-2H2/t3-,4-,5?,6-/m1/s1. The third kappa shape index (κ3) is 1.33. The van der Waals surface area contributed by atoms with Crippen LogP contribution in [0.15, 0.2) is 0 Å². The van der Waals surface area contributed by atoms with Gasteiger partial charge in [0.15, 0.2) is 0 Å². The van der Waals surface area contributed by atoms with Gasteiger partial charge in [0, 0.05) is 0 Å². The Balaban J connectivity index is 2.72. The van der Waals surface area contributed by atoms with E-state index in [0.29, 0.717) is 0 Å². The number of aliphatic hydroxyl groups is 5. The van der Waals surface area contributed by atoms with Crippen molar-refractivity contribution in [2.24, 2.45) is 0 Å². The highest BCUT2D eigenvalue weighted by molar-refractivity contribution is 4.94. The van der Waals surface area contributed by atoms with Crippen LogP contribution in [0.3, 0.4) is 0 Å². The van der Waals surface area contributed by atoms with E-state index in [4.69, 9.17) is 20.4 Å². The van der Waals surface area contributed by atoms with Crippen molar-refractivity contribution in [2.75, 3.05) is 13.2 Å². The maximum atomic E-state index is 9.25. The molecule has 0 bridgehead atoms. The van der Waals surface area contributed by atoms with Crippen LogP contribution in [0.1, 0.15) is 0 Å². The Hall–Kier alpha value is -0.240. The van der Waals surface area contributed by atoms with E-state index < -0.39 is 37.3 Å². The van der Waals surface area contributed by atoms with Gasteiger partial charge >= 0.3 is 0 Å². The number of aliphatic hydroxyl groups excluding tert-OH is 4. The zero-order valence-electron chi connectivity index (χ0n) is 6.29. The van der Waals surface area contributed by atoms with Gasteiger partial charge < -0.3 is 30.3 Å². The highest BCUT2D eigenvalue weighted by atomic mass is 16.7. The molecule has 0 aromatic carbocycles. The molecule has 0 aromatic rings. The van der Waals surface area contributed by atoms with Crippen LogP contribution in [0.5, 0.6) is 0 Å². The van der Waals surface area contributed by atoms with E-state index in [1.54, 1.807) is 0 Å². The number of ether oxygens (including phenoxy) is 1. The van der Waals surface area contributed by atoms with Crippen molar-refractivity contribution in [2.45, 2.75) is 24.1 Å². The van der Waals surface area contributed by atoms with E-state index in [1.165, 1.54) is 0 Å². The molecule has 0 aliphatic carbocycles. The second kappa shape index (κ2) is 3.25. The lowest BCUT2D eigenvalue weighted by Gasteiger charge is -2.22. The first-order valence-corrected chi connectivity index (χ1v) is 3.53. The fraction of sp³-hybridized carbons (Fsp3) is 1.00. The first-order valence-electron chi connectivity index (χ1n) is 3.53. The molecule has 1 rings (SSSR count). The lowest BCUT2D eigenvalue weighted by atomic mass is 10.1. The Kier molecular flexibility index (Phi) is 2.67. The predicted molar refractivity (Wildman–Crippen MR) is 36.0 cm³/mol. The van der Waals surface area contributed by atoms with Crippen LogP contribution >= 0.6 is 0 Å². The van der Waals surface area contributed by atoms with E-state index in [-0.39, 0.29) is 0 Å². The Morgan fingerprint density at radius 2 is 1.83 bits per heavy atom. The molecule has 1 unspecified atom stereocenters. The summed E-state index contributed by atoms with van der Waals surface area (Å²) in [7, 11) is 0. The third-order valence-corrected chi connectivity index (χ3v) is 1.93. The molecule has 12 heavy (non-hydrogen) atoms. The molecule has 1 aliphatic rings. The summed E-state index contributed by atoms with van der Waals surface area (Å²) in [6, 6.07) is 0. The number of rotatable bonds is 2. The largest absolute Gasteiger partial charge is 0.394 e. The van der Waals surface area contributed by atoms with Crippen LogP contribution in [0, 0.1) is 0 Å². The van der Waals surface area contributed by atoms with E-state index in [9.17, 15) is 5.11 Å². The van der Waals surface area contributed by atoms with Crippen molar-refractivity contribution in [1.29, 1.82) is 0 Å². The molecule has 0 amide bonds. The lowest BCUT2D eigenvalue weighted by Crippen LogP contribution is -2.46. The number of hydrogen-bond donors (Lipinski definition) is 5. The van der Waals surface area contributed by atoms with E-state index in [2.05, 4.69) is 4.74 Å². The average Bonchev–Trinajstić information content (AvgIpc) is 2.31. The van der Waals surface area contributed by atoms with Gasteiger partial charge in [-0.15, -0.1) is 0 Å². The summed E-state index contributed by atoms with van der Waals surface area (Å²) in [6.45, 7) is -1.36. The van der Waals surface area contributed by atoms with Crippen molar-refractivity contribution in [3.63, 3.8) is 0 Å².